The minimum absolute atomic E-state index is 0.308. The summed E-state index contributed by atoms with van der Waals surface area (Å²) < 4.78 is 18.8. The maximum atomic E-state index is 13.6. The van der Waals surface area contributed by atoms with E-state index < -0.39 is 0 Å². The molecule has 118 valence electrons. The average Bonchev–Trinajstić information content (AvgIpc) is 2.47. The quantitative estimate of drug-likeness (QED) is 0.922. The molecule has 1 fully saturated rings. The minimum atomic E-state index is -0.308. The van der Waals surface area contributed by atoms with Crippen molar-refractivity contribution < 1.29 is 9.13 Å². The first kappa shape index (κ1) is 16.1. The summed E-state index contributed by atoms with van der Waals surface area (Å²) >= 11 is 0. The summed E-state index contributed by atoms with van der Waals surface area (Å²) in [6, 6.07) is 6.03. The number of rotatable bonds is 4. The Morgan fingerprint density at radius 1 is 1.24 bits per heavy atom. The fraction of sp³-hybridized carbons (Fsp3) is 0.647. The van der Waals surface area contributed by atoms with Gasteiger partial charge in [-0.1, -0.05) is 27.7 Å². The summed E-state index contributed by atoms with van der Waals surface area (Å²) in [6.45, 7) is 10.8. The van der Waals surface area contributed by atoms with Crippen LogP contribution in [0.4, 0.5) is 10.1 Å². The molecule has 0 bridgehead atoms. The topological polar surface area (TPSA) is 24.5 Å². The third-order valence-corrected chi connectivity index (χ3v) is 4.42. The van der Waals surface area contributed by atoms with Crippen LogP contribution < -0.4 is 15.0 Å². The Balaban J connectivity index is 2.30. The van der Waals surface area contributed by atoms with Gasteiger partial charge in [0, 0.05) is 36.9 Å². The molecule has 0 radical (unpaired) electrons. The molecular formula is C17H27FN2O. The molecule has 1 heterocycles. The van der Waals surface area contributed by atoms with Gasteiger partial charge in [0.2, 0.25) is 0 Å². The van der Waals surface area contributed by atoms with Gasteiger partial charge in [0.1, 0.15) is 0 Å². The van der Waals surface area contributed by atoms with Crippen molar-refractivity contribution in [3.63, 3.8) is 0 Å². The van der Waals surface area contributed by atoms with E-state index in [1.165, 1.54) is 13.2 Å². The van der Waals surface area contributed by atoms with Gasteiger partial charge in [-0.15, -0.1) is 0 Å². The van der Waals surface area contributed by atoms with Gasteiger partial charge in [0.25, 0.3) is 0 Å². The summed E-state index contributed by atoms with van der Waals surface area (Å²) in [5, 5.41) is 3.64. The van der Waals surface area contributed by atoms with E-state index in [2.05, 4.69) is 37.9 Å². The Morgan fingerprint density at radius 2 is 1.95 bits per heavy atom. The Hall–Kier alpha value is -1.29. The predicted octanol–water partition coefficient (Wildman–Crippen LogP) is 3.29. The first-order chi connectivity index (χ1) is 9.93. The lowest BCUT2D eigenvalue weighted by molar-refractivity contribution is 0.295. The second-order valence-electron chi connectivity index (χ2n) is 6.54. The van der Waals surface area contributed by atoms with Crippen molar-refractivity contribution in [1.82, 2.24) is 5.32 Å². The van der Waals surface area contributed by atoms with Gasteiger partial charge in [-0.25, -0.2) is 4.39 Å². The summed E-state index contributed by atoms with van der Waals surface area (Å²) in [7, 11) is 1.51. The van der Waals surface area contributed by atoms with Crippen LogP contribution in [0, 0.1) is 17.7 Å². The highest BCUT2D eigenvalue weighted by Crippen LogP contribution is 2.29. The van der Waals surface area contributed by atoms with Gasteiger partial charge in [0.05, 0.1) is 7.11 Å². The highest BCUT2D eigenvalue weighted by Gasteiger charge is 2.31. The van der Waals surface area contributed by atoms with E-state index in [0.717, 1.165) is 18.8 Å². The van der Waals surface area contributed by atoms with Crippen molar-refractivity contribution in [2.75, 3.05) is 25.1 Å². The zero-order valence-electron chi connectivity index (χ0n) is 13.7. The molecule has 0 aromatic heterocycles. The molecule has 1 saturated heterocycles. The van der Waals surface area contributed by atoms with Crippen LogP contribution in [0.25, 0.3) is 0 Å². The molecule has 2 rings (SSSR count). The maximum Gasteiger partial charge on any atom is 0.165 e. The standard InChI is InChI=1S/C17H27FN2O/c1-11(2)15-10-20(16(9-19-15)12(3)4)13-6-7-14(18)17(8-13)21-5/h6-8,11-12,15-16,19H,9-10H2,1-5H3. The Kier molecular flexibility index (Phi) is 5.09. The molecule has 1 aliphatic rings. The van der Waals surface area contributed by atoms with Gasteiger partial charge in [0.15, 0.2) is 11.6 Å². The molecule has 2 unspecified atom stereocenters. The molecule has 3 nitrogen and oxygen atoms in total. The maximum absolute atomic E-state index is 13.6. The van der Waals surface area contributed by atoms with Gasteiger partial charge < -0.3 is 15.0 Å². The van der Waals surface area contributed by atoms with Gasteiger partial charge in [-0.05, 0) is 24.0 Å². The first-order valence-electron chi connectivity index (χ1n) is 7.77. The molecule has 0 saturated carbocycles. The molecule has 0 amide bonds. The van der Waals surface area contributed by atoms with Crippen LogP contribution in [-0.2, 0) is 0 Å². The largest absolute Gasteiger partial charge is 0.494 e. The lowest BCUT2D eigenvalue weighted by atomic mass is 9.93. The number of nitrogens with zero attached hydrogens (tertiary/aromatic N) is 1. The fourth-order valence-corrected chi connectivity index (χ4v) is 2.96. The van der Waals surface area contributed by atoms with Crippen LogP contribution in [0.15, 0.2) is 18.2 Å². The fourth-order valence-electron chi connectivity index (χ4n) is 2.96. The lowest BCUT2D eigenvalue weighted by Gasteiger charge is -2.45. The van der Waals surface area contributed by atoms with E-state index in [-0.39, 0.29) is 5.82 Å². The van der Waals surface area contributed by atoms with Crippen LogP contribution >= 0.6 is 0 Å². The number of anilines is 1. The molecular weight excluding hydrogens is 267 g/mol. The summed E-state index contributed by atoms with van der Waals surface area (Å²) in [4.78, 5) is 2.40. The third kappa shape index (κ3) is 3.49. The van der Waals surface area contributed by atoms with E-state index >= 15 is 0 Å². The predicted molar refractivity (Wildman–Crippen MR) is 85.6 cm³/mol. The SMILES string of the molecule is COc1cc(N2CC(C(C)C)NCC2C(C)C)ccc1F. The second kappa shape index (κ2) is 6.65. The monoisotopic (exact) mass is 294 g/mol. The molecule has 2 atom stereocenters. The van der Waals surface area contributed by atoms with E-state index in [0.29, 0.717) is 29.7 Å². The second-order valence-corrected chi connectivity index (χ2v) is 6.54. The summed E-state index contributed by atoms with van der Waals surface area (Å²) in [5.41, 5.74) is 1.04. The Morgan fingerprint density at radius 3 is 2.52 bits per heavy atom. The molecule has 1 aromatic rings. The number of nitrogens with one attached hydrogen (secondary N) is 1. The van der Waals surface area contributed by atoms with E-state index in [9.17, 15) is 4.39 Å². The number of piperazine rings is 1. The number of hydrogen-bond donors (Lipinski definition) is 1. The number of benzene rings is 1. The van der Waals surface area contributed by atoms with Gasteiger partial charge in [-0.3, -0.25) is 0 Å². The number of ether oxygens (including phenoxy) is 1. The van der Waals surface area contributed by atoms with E-state index in [4.69, 9.17) is 4.74 Å². The zero-order valence-corrected chi connectivity index (χ0v) is 13.7. The van der Waals surface area contributed by atoms with Crippen LogP contribution in [0.2, 0.25) is 0 Å². The molecule has 0 aliphatic carbocycles. The van der Waals surface area contributed by atoms with Crippen LogP contribution in [0.1, 0.15) is 27.7 Å². The van der Waals surface area contributed by atoms with Gasteiger partial charge in [-0.2, -0.15) is 0 Å². The van der Waals surface area contributed by atoms with Crippen molar-refractivity contribution >= 4 is 5.69 Å². The summed E-state index contributed by atoms with van der Waals surface area (Å²) in [6.07, 6.45) is 0. The van der Waals surface area contributed by atoms with Crippen LogP contribution in [-0.4, -0.2) is 32.3 Å². The minimum Gasteiger partial charge on any atom is -0.494 e. The van der Waals surface area contributed by atoms with Crippen molar-refractivity contribution in [2.24, 2.45) is 11.8 Å². The number of halogens is 1. The average molecular weight is 294 g/mol. The van der Waals surface area contributed by atoms with Crippen molar-refractivity contribution in [3.05, 3.63) is 24.0 Å². The van der Waals surface area contributed by atoms with Gasteiger partial charge >= 0.3 is 0 Å². The lowest BCUT2D eigenvalue weighted by Crippen LogP contribution is -2.60. The van der Waals surface area contributed by atoms with E-state index in [1.54, 1.807) is 0 Å². The highest BCUT2D eigenvalue weighted by atomic mass is 19.1. The molecule has 1 N–H and O–H groups in total. The Bertz CT molecular complexity index is 476. The third-order valence-electron chi connectivity index (χ3n) is 4.42. The highest BCUT2D eigenvalue weighted by molar-refractivity contribution is 5.53. The normalized spacial score (nSPS) is 23.0. The summed E-state index contributed by atoms with van der Waals surface area (Å²) in [5.74, 6) is 1.11. The van der Waals surface area contributed by atoms with Crippen molar-refractivity contribution in [3.8, 4) is 5.75 Å². The molecule has 0 spiro atoms. The van der Waals surface area contributed by atoms with Crippen LogP contribution in [0.5, 0.6) is 5.75 Å². The molecule has 4 heteroatoms. The van der Waals surface area contributed by atoms with Crippen molar-refractivity contribution in [2.45, 2.75) is 39.8 Å². The van der Waals surface area contributed by atoms with E-state index in [1.807, 2.05) is 12.1 Å². The zero-order chi connectivity index (χ0) is 15.6. The number of hydrogen-bond acceptors (Lipinski definition) is 3. The molecule has 21 heavy (non-hydrogen) atoms. The Labute approximate surface area is 127 Å². The van der Waals surface area contributed by atoms with Crippen LogP contribution in [0.3, 0.4) is 0 Å². The smallest absolute Gasteiger partial charge is 0.165 e. The van der Waals surface area contributed by atoms with Crippen molar-refractivity contribution in [1.29, 1.82) is 0 Å². The number of methoxy groups -OCH3 is 1. The molecule has 1 aromatic carbocycles. The molecule has 1 aliphatic heterocycles. The first-order valence-corrected chi connectivity index (χ1v) is 7.77.